The minimum Gasteiger partial charge on any atom is -0.493 e. The number of fused-ring (bicyclic) bond motifs is 1. The Morgan fingerprint density at radius 1 is 1.03 bits per heavy atom. The summed E-state index contributed by atoms with van der Waals surface area (Å²) >= 11 is 0. The molecule has 1 aromatic heterocycles. The van der Waals surface area contributed by atoms with Gasteiger partial charge in [0, 0.05) is 31.4 Å². The summed E-state index contributed by atoms with van der Waals surface area (Å²) in [4.78, 5) is 26.2. The number of nitrogens with zero attached hydrogens (tertiary/aromatic N) is 4. The Morgan fingerprint density at radius 2 is 1.79 bits per heavy atom. The molecule has 0 radical (unpaired) electrons. The molecule has 1 aromatic carbocycles. The third kappa shape index (κ3) is 3.53. The highest BCUT2D eigenvalue weighted by Crippen LogP contribution is 2.40. The zero-order chi connectivity index (χ0) is 20.4. The number of carbonyl (C=O) groups is 1. The quantitative estimate of drug-likeness (QED) is 0.746. The van der Waals surface area contributed by atoms with Crippen LogP contribution in [0, 0.1) is 0 Å². The number of rotatable bonds is 5. The van der Waals surface area contributed by atoms with Crippen LogP contribution in [-0.4, -0.2) is 68.4 Å². The molecule has 0 spiro atoms. The van der Waals surface area contributed by atoms with Crippen LogP contribution in [0.2, 0.25) is 0 Å². The lowest BCUT2D eigenvalue weighted by Gasteiger charge is -2.26. The zero-order valence-electron chi connectivity index (χ0n) is 16.8. The first-order chi connectivity index (χ1) is 14.2. The highest BCUT2D eigenvalue weighted by Gasteiger charge is 2.30. The van der Waals surface area contributed by atoms with Crippen LogP contribution in [0.25, 0.3) is 0 Å². The highest BCUT2D eigenvalue weighted by molar-refractivity contribution is 5.98. The van der Waals surface area contributed by atoms with E-state index in [9.17, 15) is 4.79 Å². The summed E-state index contributed by atoms with van der Waals surface area (Å²) in [6.07, 6.45) is 1.81. The van der Waals surface area contributed by atoms with Gasteiger partial charge < -0.3 is 28.7 Å². The number of benzene rings is 1. The van der Waals surface area contributed by atoms with Crippen LogP contribution in [0.4, 0.5) is 5.95 Å². The SMILES string of the molecule is COc1ccc(C(=O)N2Cc3cnc(N4CCOCC4)nc3C2)c(OC)c1OC. The van der Waals surface area contributed by atoms with Crippen molar-refractivity contribution >= 4 is 11.9 Å². The van der Waals surface area contributed by atoms with Crippen LogP contribution in [-0.2, 0) is 17.8 Å². The normalized spacial score (nSPS) is 15.8. The van der Waals surface area contributed by atoms with Crippen molar-refractivity contribution in [2.45, 2.75) is 13.1 Å². The Balaban J connectivity index is 1.57. The summed E-state index contributed by atoms with van der Waals surface area (Å²) in [5, 5.41) is 0. The Bertz CT molecular complexity index is 914. The molecule has 0 saturated carbocycles. The number of carbonyl (C=O) groups excluding carboxylic acids is 1. The second-order valence-electron chi connectivity index (χ2n) is 6.78. The molecule has 2 aliphatic rings. The van der Waals surface area contributed by atoms with Crippen molar-refractivity contribution in [1.29, 1.82) is 0 Å². The van der Waals surface area contributed by atoms with E-state index in [0.29, 0.717) is 55.1 Å². The molecule has 1 amide bonds. The Labute approximate surface area is 169 Å². The van der Waals surface area contributed by atoms with Crippen molar-refractivity contribution in [1.82, 2.24) is 14.9 Å². The zero-order valence-corrected chi connectivity index (χ0v) is 16.8. The van der Waals surface area contributed by atoms with Crippen LogP contribution in [0.15, 0.2) is 18.3 Å². The summed E-state index contributed by atoms with van der Waals surface area (Å²) in [5.74, 6) is 1.78. The fourth-order valence-corrected chi connectivity index (χ4v) is 3.64. The average Bonchev–Trinajstić information content (AvgIpc) is 3.21. The molecule has 3 heterocycles. The maximum absolute atomic E-state index is 13.2. The molecular formula is C20H24N4O5. The summed E-state index contributed by atoms with van der Waals surface area (Å²) in [7, 11) is 4.57. The van der Waals surface area contributed by atoms with Crippen molar-refractivity contribution in [3.05, 3.63) is 35.2 Å². The number of anilines is 1. The molecule has 2 aromatic rings. The predicted molar refractivity (Wildman–Crippen MR) is 105 cm³/mol. The Kier molecular flexibility index (Phi) is 5.39. The third-order valence-corrected chi connectivity index (χ3v) is 5.16. The van der Waals surface area contributed by atoms with Gasteiger partial charge in [-0.2, -0.15) is 0 Å². The average molecular weight is 400 g/mol. The number of hydrogen-bond acceptors (Lipinski definition) is 8. The second-order valence-corrected chi connectivity index (χ2v) is 6.78. The first kappa shape index (κ1) is 19.3. The van der Waals surface area contributed by atoms with E-state index in [1.807, 2.05) is 6.20 Å². The predicted octanol–water partition coefficient (Wildman–Crippen LogP) is 1.50. The number of methoxy groups -OCH3 is 3. The van der Waals surface area contributed by atoms with Gasteiger partial charge in [0.05, 0.1) is 52.3 Å². The molecule has 0 bridgehead atoms. The van der Waals surface area contributed by atoms with Gasteiger partial charge in [0.15, 0.2) is 11.5 Å². The Morgan fingerprint density at radius 3 is 2.48 bits per heavy atom. The van der Waals surface area contributed by atoms with E-state index in [4.69, 9.17) is 23.9 Å². The van der Waals surface area contributed by atoms with Crippen LogP contribution in [0.1, 0.15) is 21.6 Å². The standard InChI is InChI=1S/C20H24N4O5/c1-26-16-5-4-14(17(27-2)18(16)28-3)19(25)24-11-13-10-21-20(22-15(13)12-24)23-6-8-29-9-7-23/h4-5,10H,6-9,11-12H2,1-3H3. The third-order valence-electron chi connectivity index (χ3n) is 5.16. The van der Waals surface area contributed by atoms with Gasteiger partial charge in [0.25, 0.3) is 5.91 Å². The maximum Gasteiger partial charge on any atom is 0.258 e. The van der Waals surface area contributed by atoms with Crippen molar-refractivity contribution in [3.63, 3.8) is 0 Å². The van der Waals surface area contributed by atoms with E-state index < -0.39 is 0 Å². The minimum atomic E-state index is -0.159. The molecule has 29 heavy (non-hydrogen) atoms. The maximum atomic E-state index is 13.2. The van der Waals surface area contributed by atoms with Crippen LogP contribution < -0.4 is 19.1 Å². The minimum absolute atomic E-state index is 0.159. The van der Waals surface area contributed by atoms with Gasteiger partial charge in [-0.05, 0) is 12.1 Å². The van der Waals surface area contributed by atoms with Gasteiger partial charge in [-0.1, -0.05) is 0 Å². The van der Waals surface area contributed by atoms with Crippen molar-refractivity contribution in [2.75, 3.05) is 52.5 Å². The topological polar surface area (TPSA) is 86.3 Å². The van der Waals surface area contributed by atoms with Crippen molar-refractivity contribution in [2.24, 2.45) is 0 Å². The lowest BCUT2D eigenvalue weighted by atomic mass is 10.1. The van der Waals surface area contributed by atoms with E-state index in [2.05, 4.69) is 9.88 Å². The monoisotopic (exact) mass is 400 g/mol. The fraction of sp³-hybridized carbons (Fsp3) is 0.450. The lowest BCUT2D eigenvalue weighted by Crippen LogP contribution is -2.37. The number of morpholine rings is 1. The number of hydrogen-bond donors (Lipinski definition) is 0. The summed E-state index contributed by atoms with van der Waals surface area (Å²) in [6, 6.07) is 3.39. The fourth-order valence-electron chi connectivity index (χ4n) is 3.64. The Hall–Kier alpha value is -3.07. The number of amides is 1. The molecule has 9 nitrogen and oxygen atoms in total. The van der Waals surface area contributed by atoms with E-state index >= 15 is 0 Å². The molecule has 0 N–H and O–H groups in total. The molecule has 9 heteroatoms. The molecule has 0 aliphatic carbocycles. The summed E-state index contributed by atoms with van der Waals surface area (Å²) in [6.45, 7) is 3.75. The summed E-state index contributed by atoms with van der Waals surface area (Å²) < 4.78 is 21.6. The molecule has 0 atom stereocenters. The van der Waals surface area contributed by atoms with E-state index in [1.165, 1.54) is 14.2 Å². The van der Waals surface area contributed by atoms with Gasteiger partial charge in [0.1, 0.15) is 0 Å². The number of aromatic nitrogens is 2. The molecular weight excluding hydrogens is 376 g/mol. The molecule has 4 rings (SSSR count). The number of ether oxygens (including phenoxy) is 4. The van der Waals surface area contributed by atoms with Gasteiger partial charge in [0.2, 0.25) is 11.7 Å². The molecule has 154 valence electrons. The van der Waals surface area contributed by atoms with Crippen LogP contribution >= 0.6 is 0 Å². The lowest BCUT2D eigenvalue weighted by molar-refractivity contribution is 0.0746. The van der Waals surface area contributed by atoms with Crippen LogP contribution in [0.5, 0.6) is 17.2 Å². The van der Waals surface area contributed by atoms with Crippen molar-refractivity contribution < 1.29 is 23.7 Å². The first-order valence-electron chi connectivity index (χ1n) is 9.42. The van der Waals surface area contributed by atoms with E-state index in [0.717, 1.165) is 24.3 Å². The van der Waals surface area contributed by atoms with Gasteiger partial charge in [-0.25, -0.2) is 9.97 Å². The molecule has 1 saturated heterocycles. The van der Waals surface area contributed by atoms with Gasteiger partial charge in [-0.3, -0.25) is 4.79 Å². The highest BCUT2D eigenvalue weighted by atomic mass is 16.5. The molecule has 2 aliphatic heterocycles. The summed E-state index contributed by atoms with van der Waals surface area (Å²) in [5.41, 5.74) is 2.24. The molecule has 1 fully saturated rings. The smallest absolute Gasteiger partial charge is 0.258 e. The second kappa shape index (κ2) is 8.12. The van der Waals surface area contributed by atoms with Gasteiger partial charge >= 0.3 is 0 Å². The first-order valence-corrected chi connectivity index (χ1v) is 9.42. The van der Waals surface area contributed by atoms with E-state index in [1.54, 1.807) is 24.1 Å². The van der Waals surface area contributed by atoms with Gasteiger partial charge in [-0.15, -0.1) is 0 Å². The largest absolute Gasteiger partial charge is 0.493 e. The molecule has 0 unspecified atom stereocenters. The van der Waals surface area contributed by atoms with Crippen LogP contribution in [0.3, 0.4) is 0 Å². The van der Waals surface area contributed by atoms with E-state index in [-0.39, 0.29) is 5.91 Å². The van der Waals surface area contributed by atoms with Crippen molar-refractivity contribution in [3.8, 4) is 17.2 Å².